The summed E-state index contributed by atoms with van der Waals surface area (Å²) >= 11 is 0. The Morgan fingerprint density at radius 2 is 1.76 bits per heavy atom. The maximum atomic E-state index is 11.6. The van der Waals surface area contributed by atoms with Crippen molar-refractivity contribution in [2.45, 2.75) is 25.7 Å². The van der Waals surface area contributed by atoms with Gasteiger partial charge in [0.05, 0.1) is 13.1 Å². The van der Waals surface area contributed by atoms with Gasteiger partial charge >= 0.3 is 5.97 Å². The summed E-state index contributed by atoms with van der Waals surface area (Å²) in [5, 5.41) is 11.7. The third-order valence-electron chi connectivity index (χ3n) is 3.22. The van der Waals surface area contributed by atoms with E-state index in [9.17, 15) is 9.59 Å². The summed E-state index contributed by atoms with van der Waals surface area (Å²) < 4.78 is 0. The number of aliphatic carboxylic acids is 1. The van der Waals surface area contributed by atoms with Crippen molar-refractivity contribution in [1.29, 1.82) is 0 Å². The Balaban J connectivity index is 1.69. The first-order valence-electron chi connectivity index (χ1n) is 6.34. The number of carbonyl (C=O) groups excluding carboxylic acids is 1. The van der Waals surface area contributed by atoms with Crippen LogP contribution in [0.1, 0.15) is 25.7 Å². The molecule has 2 aliphatic carbocycles. The molecule has 0 heterocycles. The summed E-state index contributed by atoms with van der Waals surface area (Å²) in [5.41, 5.74) is 0. The van der Waals surface area contributed by atoms with Gasteiger partial charge in [0.1, 0.15) is 0 Å². The molecule has 5 nitrogen and oxygen atoms in total. The van der Waals surface area contributed by atoms with Gasteiger partial charge in [-0.2, -0.15) is 0 Å². The van der Waals surface area contributed by atoms with Crippen LogP contribution in [0.4, 0.5) is 0 Å². The van der Waals surface area contributed by atoms with E-state index in [2.05, 4.69) is 5.32 Å². The van der Waals surface area contributed by atoms with Crippen molar-refractivity contribution in [2.75, 3.05) is 26.2 Å². The van der Waals surface area contributed by atoms with E-state index in [1.807, 2.05) is 0 Å². The van der Waals surface area contributed by atoms with Crippen molar-refractivity contribution < 1.29 is 14.7 Å². The number of amides is 1. The fourth-order valence-corrected chi connectivity index (χ4v) is 1.88. The zero-order valence-electron chi connectivity index (χ0n) is 10.0. The van der Waals surface area contributed by atoms with Crippen molar-refractivity contribution >= 4 is 11.9 Å². The molecule has 2 rings (SSSR count). The normalized spacial score (nSPS) is 19.4. The van der Waals surface area contributed by atoms with E-state index in [0.717, 1.165) is 13.1 Å². The Labute approximate surface area is 101 Å². The maximum Gasteiger partial charge on any atom is 0.317 e. The highest BCUT2D eigenvalue weighted by Gasteiger charge is 2.27. The van der Waals surface area contributed by atoms with Crippen LogP contribution < -0.4 is 5.32 Å². The van der Waals surface area contributed by atoms with Crippen LogP contribution in [0.3, 0.4) is 0 Å². The van der Waals surface area contributed by atoms with Crippen molar-refractivity contribution in [2.24, 2.45) is 11.8 Å². The van der Waals surface area contributed by atoms with Gasteiger partial charge in [-0.15, -0.1) is 0 Å². The van der Waals surface area contributed by atoms with E-state index in [4.69, 9.17) is 5.11 Å². The number of carboxylic acids is 1. The molecule has 2 saturated carbocycles. The third kappa shape index (κ3) is 5.17. The number of nitrogens with zero attached hydrogens (tertiary/aromatic N) is 1. The topological polar surface area (TPSA) is 69.6 Å². The molecule has 0 aliphatic heterocycles. The Kier molecular flexibility index (Phi) is 3.99. The Morgan fingerprint density at radius 3 is 2.29 bits per heavy atom. The number of carboxylic acid groups (broad SMARTS) is 1. The largest absolute Gasteiger partial charge is 0.480 e. The van der Waals surface area contributed by atoms with Gasteiger partial charge in [-0.05, 0) is 37.5 Å². The highest BCUT2D eigenvalue weighted by Crippen LogP contribution is 2.29. The van der Waals surface area contributed by atoms with E-state index < -0.39 is 5.97 Å². The fraction of sp³-hybridized carbons (Fsp3) is 0.833. The molecule has 1 amide bonds. The molecular formula is C12H20N2O3. The molecule has 0 radical (unpaired) electrons. The van der Waals surface area contributed by atoms with Crippen molar-refractivity contribution in [3.63, 3.8) is 0 Å². The third-order valence-corrected chi connectivity index (χ3v) is 3.22. The summed E-state index contributed by atoms with van der Waals surface area (Å²) in [6.45, 7) is 1.68. The summed E-state index contributed by atoms with van der Waals surface area (Å²) in [6.07, 6.45) is 4.75. The Hall–Kier alpha value is -1.10. The van der Waals surface area contributed by atoms with Gasteiger partial charge in [-0.1, -0.05) is 0 Å². The first-order valence-corrected chi connectivity index (χ1v) is 6.34. The first-order chi connectivity index (χ1) is 8.13. The lowest BCUT2D eigenvalue weighted by Crippen LogP contribution is -2.41. The van der Waals surface area contributed by atoms with Crippen LogP contribution in [-0.4, -0.2) is 48.1 Å². The van der Waals surface area contributed by atoms with Gasteiger partial charge in [-0.3, -0.25) is 14.5 Å². The van der Waals surface area contributed by atoms with Crippen LogP contribution in [0.2, 0.25) is 0 Å². The van der Waals surface area contributed by atoms with Crippen LogP contribution in [0, 0.1) is 11.8 Å². The molecule has 0 bridgehead atoms. The van der Waals surface area contributed by atoms with E-state index >= 15 is 0 Å². The lowest BCUT2D eigenvalue weighted by molar-refractivity contribution is -0.138. The number of hydrogen-bond donors (Lipinski definition) is 2. The highest BCUT2D eigenvalue weighted by molar-refractivity contribution is 5.79. The summed E-state index contributed by atoms with van der Waals surface area (Å²) in [7, 11) is 0. The standard InChI is InChI=1S/C12H20N2O3/c15-11(13-5-9-1-2-9)7-14(8-12(16)17)6-10-3-4-10/h9-10H,1-8H2,(H,13,15)(H,16,17). The van der Waals surface area contributed by atoms with Crippen molar-refractivity contribution in [3.8, 4) is 0 Å². The lowest BCUT2D eigenvalue weighted by atomic mass is 10.3. The van der Waals surface area contributed by atoms with E-state index in [-0.39, 0.29) is 19.0 Å². The average molecular weight is 240 g/mol. The van der Waals surface area contributed by atoms with E-state index in [0.29, 0.717) is 11.8 Å². The van der Waals surface area contributed by atoms with Gasteiger partial charge in [0.2, 0.25) is 5.91 Å². The molecule has 5 heteroatoms. The zero-order valence-corrected chi connectivity index (χ0v) is 10.0. The molecule has 0 aromatic heterocycles. The zero-order chi connectivity index (χ0) is 12.3. The van der Waals surface area contributed by atoms with Crippen LogP contribution in [-0.2, 0) is 9.59 Å². The molecule has 0 spiro atoms. The van der Waals surface area contributed by atoms with Crippen molar-refractivity contribution in [3.05, 3.63) is 0 Å². The van der Waals surface area contributed by atoms with Crippen LogP contribution in [0.5, 0.6) is 0 Å². The molecule has 2 aliphatic rings. The highest BCUT2D eigenvalue weighted by atomic mass is 16.4. The number of hydrogen-bond acceptors (Lipinski definition) is 3. The minimum atomic E-state index is -0.861. The summed E-state index contributed by atoms with van der Waals surface area (Å²) in [5.74, 6) is 0.361. The van der Waals surface area contributed by atoms with Crippen LogP contribution in [0.25, 0.3) is 0 Å². The number of rotatable bonds is 8. The fourth-order valence-electron chi connectivity index (χ4n) is 1.88. The monoisotopic (exact) mass is 240 g/mol. The lowest BCUT2D eigenvalue weighted by Gasteiger charge is -2.19. The molecule has 0 unspecified atom stereocenters. The Bertz CT molecular complexity index is 298. The molecule has 2 fully saturated rings. The van der Waals surface area contributed by atoms with Gasteiger partial charge < -0.3 is 10.4 Å². The molecule has 0 atom stereocenters. The molecule has 0 aromatic carbocycles. The SMILES string of the molecule is O=C(O)CN(CC(=O)NCC1CC1)CC1CC1. The molecule has 96 valence electrons. The minimum Gasteiger partial charge on any atom is -0.480 e. The smallest absolute Gasteiger partial charge is 0.317 e. The molecule has 17 heavy (non-hydrogen) atoms. The molecule has 0 saturated heterocycles. The summed E-state index contributed by atoms with van der Waals surface area (Å²) in [6, 6.07) is 0. The number of carbonyl (C=O) groups is 2. The quantitative estimate of drug-likeness (QED) is 0.640. The second-order valence-electron chi connectivity index (χ2n) is 5.25. The average Bonchev–Trinajstić information content (AvgIpc) is 3.09. The molecular weight excluding hydrogens is 220 g/mol. The van der Waals surface area contributed by atoms with E-state index in [1.165, 1.54) is 25.7 Å². The molecule has 2 N–H and O–H groups in total. The predicted octanol–water partition coefficient (Wildman–Crippen LogP) is 0.309. The molecule has 0 aromatic rings. The predicted molar refractivity (Wildman–Crippen MR) is 62.5 cm³/mol. The minimum absolute atomic E-state index is 0.0344. The van der Waals surface area contributed by atoms with Crippen LogP contribution >= 0.6 is 0 Å². The first kappa shape index (κ1) is 12.4. The Morgan fingerprint density at radius 1 is 1.12 bits per heavy atom. The summed E-state index contributed by atoms with van der Waals surface area (Å²) in [4.78, 5) is 24.1. The number of nitrogens with one attached hydrogen (secondary N) is 1. The second-order valence-corrected chi connectivity index (χ2v) is 5.25. The van der Waals surface area contributed by atoms with Gasteiger partial charge in [0.15, 0.2) is 0 Å². The van der Waals surface area contributed by atoms with Crippen LogP contribution in [0.15, 0.2) is 0 Å². The second kappa shape index (κ2) is 5.49. The maximum absolute atomic E-state index is 11.6. The van der Waals surface area contributed by atoms with E-state index in [1.54, 1.807) is 4.90 Å². The van der Waals surface area contributed by atoms with Gasteiger partial charge in [0.25, 0.3) is 0 Å². The van der Waals surface area contributed by atoms with Gasteiger partial charge in [-0.25, -0.2) is 0 Å². The van der Waals surface area contributed by atoms with Crippen molar-refractivity contribution in [1.82, 2.24) is 10.2 Å². The van der Waals surface area contributed by atoms with Gasteiger partial charge in [0, 0.05) is 13.1 Å².